The van der Waals surface area contributed by atoms with Crippen LogP contribution in [0, 0.1) is 6.92 Å². The van der Waals surface area contributed by atoms with Crippen molar-refractivity contribution < 1.29 is 9.59 Å². The lowest BCUT2D eigenvalue weighted by Gasteiger charge is -2.26. The molecular formula is C23H29N3O2. The fourth-order valence-corrected chi connectivity index (χ4v) is 3.48. The summed E-state index contributed by atoms with van der Waals surface area (Å²) in [4.78, 5) is 26.7. The fourth-order valence-electron chi connectivity index (χ4n) is 3.48. The van der Waals surface area contributed by atoms with Gasteiger partial charge in [-0.15, -0.1) is 0 Å². The molecule has 2 N–H and O–H groups in total. The number of likely N-dealkylation sites (tertiary alicyclic amines) is 1. The van der Waals surface area contributed by atoms with E-state index in [9.17, 15) is 9.59 Å². The summed E-state index contributed by atoms with van der Waals surface area (Å²) in [7, 11) is 0. The van der Waals surface area contributed by atoms with Crippen LogP contribution in [-0.4, -0.2) is 36.3 Å². The Balaban J connectivity index is 1.40. The van der Waals surface area contributed by atoms with Crippen LogP contribution < -0.4 is 10.6 Å². The number of nitrogens with one attached hydrogen (secondary N) is 2. The van der Waals surface area contributed by atoms with Crippen molar-refractivity contribution in [3.63, 3.8) is 0 Å². The number of hydrogen-bond acceptors (Lipinski definition) is 3. The SMILES string of the molecule is Cc1ccccc1C(=O)NCC(=O)NCc1ccc(CN2CCCCC2)cc1. The lowest BCUT2D eigenvalue weighted by atomic mass is 10.1. The Morgan fingerprint density at radius 3 is 2.29 bits per heavy atom. The molecule has 1 saturated heterocycles. The maximum Gasteiger partial charge on any atom is 0.251 e. The lowest BCUT2D eigenvalue weighted by Crippen LogP contribution is -2.36. The first-order valence-corrected chi connectivity index (χ1v) is 10.0. The third-order valence-corrected chi connectivity index (χ3v) is 5.17. The molecule has 0 aromatic heterocycles. The quantitative estimate of drug-likeness (QED) is 0.777. The van der Waals surface area contributed by atoms with Crippen LogP contribution in [0.5, 0.6) is 0 Å². The van der Waals surface area contributed by atoms with Crippen molar-refractivity contribution >= 4 is 11.8 Å². The fraction of sp³-hybridized carbons (Fsp3) is 0.391. The molecule has 1 aliphatic heterocycles. The van der Waals surface area contributed by atoms with E-state index in [1.165, 1.54) is 37.9 Å². The van der Waals surface area contributed by atoms with Crippen molar-refractivity contribution in [1.29, 1.82) is 0 Å². The molecule has 1 heterocycles. The summed E-state index contributed by atoms with van der Waals surface area (Å²) in [5.41, 5.74) is 3.85. The summed E-state index contributed by atoms with van der Waals surface area (Å²) in [5, 5.41) is 5.53. The zero-order valence-corrected chi connectivity index (χ0v) is 16.5. The monoisotopic (exact) mass is 379 g/mol. The minimum absolute atomic E-state index is 0.0276. The van der Waals surface area contributed by atoms with Gasteiger partial charge in [0.25, 0.3) is 5.91 Å². The molecular weight excluding hydrogens is 350 g/mol. The number of carbonyl (C=O) groups is 2. The molecule has 28 heavy (non-hydrogen) atoms. The summed E-state index contributed by atoms with van der Waals surface area (Å²) in [6.45, 7) is 5.68. The smallest absolute Gasteiger partial charge is 0.251 e. The summed E-state index contributed by atoms with van der Waals surface area (Å²) >= 11 is 0. The Bertz CT molecular complexity index is 796. The molecule has 3 rings (SSSR count). The standard InChI is InChI=1S/C23H29N3O2/c1-18-7-3-4-8-21(18)23(28)25-16-22(27)24-15-19-9-11-20(12-10-19)17-26-13-5-2-6-14-26/h3-4,7-12H,2,5-6,13-17H2,1H3,(H,24,27)(H,25,28). The third kappa shape index (κ3) is 5.92. The number of amides is 2. The van der Waals surface area contributed by atoms with Gasteiger partial charge in [0.2, 0.25) is 5.91 Å². The van der Waals surface area contributed by atoms with Gasteiger partial charge in [0.05, 0.1) is 6.54 Å². The summed E-state index contributed by atoms with van der Waals surface area (Å²) in [5.74, 6) is -0.422. The van der Waals surface area contributed by atoms with Crippen molar-refractivity contribution in [2.75, 3.05) is 19.6 Å². The minimum Gasteiger partial charge on any atom is -0.350 e. The molecule has 1 aliphatic rings. The predicted octanol–water partition coefficient (Wildman–Crippen LogP) is 3.03. The number of benzene rings is 2. The zero-order valence-electron chi connectivity index (χ0n) is 16.5. The highest BCUT2D eigenvalue weighted by Crippen LogP contribution is 2.13. The Morgan fingerprint density at radius 1 is 0.893 bits per heavy atom. The molecule has 0 unspecified atom stereocenters. The number of hydrogen-bond donors (Lipinski definition) is 2. The third-order valence-electron chi connectivity index (χ3n) is 5.17. The van der Waals surface area contributed by atoms with Crippen LogP contribution in [0.4, 0.5) is 0 Å². The highest BCUT2D eigenvalue weighted by Gasteiger charge is 2.11. The van der Waals surface area contributed by atoms with Gasteiger partial charge < -0.3 is 10.6 Å². The maximum absolute atomic E-state index is 12.2. The van der Waals surface area contributed by atoms with Crippen molar-refractivity contribution in [3.8, 4) is 0 Å². The Labute approximate surface area is 167 Å². The molecule has 0 atom stereocenters. The van der Waals surface area contributed by atoms with Gasteiger partial charge in [-0.05, 0) is 55.6 Å². The van der Waals surface area contributed by atoms with Gasteiger partial charge in [-0.3, -0.25) is 14.5 Å². The van der Waals surface area contributed by atoms with Crippen LogP contribution in [0.2, 0.25) is 0 Å². The second kappa shape index (κ2) is 10.0. The Morgan fingerprint density at radius 2 is 1.57 bits per heavy atom. The van der Waals surface area contributed by atoms with Crippen LogP contribution in [0.25, 0.3) is 0 Å². The van der Waals surface area contributed by atoms with E-state index in [-0.39, 0.29) is 18.4 Å². The lowest BCUT2D eigenvalue weighted by molar-refractivity contribution is -0.120. The predicted molar refractivity (Wildman–Crippen MR) is 111 cm³/mol. The van der Waals surface area contributed by atoms with E-state index in [0.29, 0.717) is 12.1 Å². The molecule has 0 spiro atoms. The van der Waals surface area contributed by atoms with Crippen molar-refractivity contribution in [2.45, 2.75) is 39.3 Å². The minimum atomic E-state index is -0.227. The van der Waals surface area contributed by atoms with E-state index in [1.54, 1.807) is 6.07 Å². The van der Waals surface area contributed by atoms with Gasteiger partial charge >= 0.3 is 0 Å². The van der Waals surface area contributed by atoms with Gasteiger partial charge in [0.15, 0.2) is 0 Å². The maximum atomic E-state index is 12.2. The van der Waals surface area contributed by atoms with Crippen LogP contribution in [0.1, 0.15) is 46.3 Å². The average molecular weight is 380 g/mol. The summed E-state index contributed by atoms with van der Waals surface area (Å²) in [6, 6.07) is 15.7. The van der Waals surface area contributed by atoms with E-state index < -0.39 is 0 Å². The number of piperidine rings is 1. The Hall–Kier alpha value is -2.66. The molecule has 2 aromatic carbocycles. The van der Waals surface area contributed by atoms with Gasteiger partial charge in [0, 0.05) is 18.7 Å². The number of rotatable bonds is 7. The molecule has 2 amide bonds. The normalized spacial score (nSPS) is 14.5. The van der Waals surface area contributed by atoms with Crippen molar-refractivity contribution in [3.05, 3.63) is 70.8 Å². The molecule has 0 bridgehead atoms. The first-order valence-electron chi connectivity index (χ1n) is 10.0. The van der Waals surface area contributed by atoms with E-state index in [1.807, 2.05) is 25.1 Å². The second-order valence-electron chi connectivity index (χ2n) is 7.43. The molecule has 5 nitrogen and oxygen atoms in total. The molecule has 0 aliphatic carbocycles. The zero-order chi connectivity index (χ0) is 19.8. The van der Waals surface area contributed by atoms with Crippen molar-refractivity contribution in [1.82, 2.24) is 15.5 Å². The topological polar surface area (TPSA) is 61.4 Å². The van der Waals surface area contributed by atoms with E-state index in [2.05, 4.69) is 39.8 Å². The van der Waals surface area contributed by atoms with Crippen LogP contribution in [0.15, 0.2) is 48.5 Å². The van der Waals surface area contributed by atoms with Gasteiger partial charge in [-0.25, -0.2) is 0 Å². The van der Waals surface area contributed by atoms with Crippen LogP contribution in [-0.2, 0) is 17.9 Å². The van der Waals surface area contributed by atoms with Gasteiger partial charge in [0.1, 0.15) is 0 Å². The van der Waals surface area contributed by atoms with Crippen molar-refractivity contribution in [2.24, 2.45) is 0 Å². The van der Waals surface area contributed by atoms with E-state index in [0.717, 1.165) is 17.7 Å². The molecule has 0 radical (unpaired) electrons. The van der Waals surface area contributed by atoms with E-state index >= 15 is 0 Å². The largest absolute Gasteiger partial charge is 0.350 e. The molecule has 148 valence electrons. The van der Waals surface area contributed by atoms with Crippen LogP contribution >= 0.6 is 0 Å². The summed E-state index contributed by atoms with van der Waals surface area (Å²) in [6.07, 6.45) is 3.94. The summed E-state index contributed by atoms with van der Waals surface area (Å²) < 4.78 is 0. The first kappa shape index (κ1) is 20.1. The second-order valence-corrected chi connectivity index (χ2v) is 7.43. The molecule has 1 fully saturated rings. The van der Waals surface area contributed by atoms with Gasteiger partial charge in [-0.1, -0.05) is 48.9 Å². The highest BCUT2D eigenvalue weighted by atomic mass is 16.2. The number of nitrogens with zero attached hydrogens (tertiary/aromatic N) is 1. The molecule has 2 aromatic rings. The van der Waals surface area contributed by atoms with Crippen LogP contribution in [0.3, 0.4) is 0 Å². The number of aryl methyl sites for hydroxylation is 1. The Kier molecular flexibility index (Phi) is 7.20. The molecule has 0 saturated carbocycles. The van der Waals surface area contributed by atoms with Gasteiger partial charge in [-0.2, -0.15) is 0 Å². The first-order chi connectivity index (χ1) is 13.6. The average Bonchev–Trinajstić information content (AvgIpc) is 2.72. The van der Waals surface area contributed by atoms with E-state index in [4.69, 9.17) is 0 Å². The number of carbonyl (C=O) groups excluding carboxylic acids is 2. The highest BCUT2D eigenvalue weighted by molar-refractivity contribution is 5.97. The molecule has 5 heteroatoms.